The Balaban J connectivity index is 0.000000184. The second-order valence-corrected chi connectivity index (χ2v) is 3.77. The van der Waals surface area contributed by atoms with Crippen molar-refractivity contribution in [1.29, 1.82) is 0 Å². The number of nitrogens with one attached hydrogen (secondary N) is 1. The molecule has 0 radical (unpaired) electrons. The van der Waals surface area contributed by atoms with Crippen molar-refractivity contribution in [2.24, 2.45) is 0 Å². The summed E-state index contributed by atoms with van der Waals surface area (Å²) in [5.41, 5.74) is 0.873. The summed E-state index contributed by atoms with van der Waals surface area (Å²) < 4.78 is 0. The van der Waals surface area contributed by atoms with Gasteiger partial charge in [0.2, 0.25) is 0 Å². The first-order chi connectivity index (χ1) is 8.65. The van der Waals surface area contributed by atoms with Gasteiger partial charge in [0.15, 0.2) is 0 Å². The largest absolute Gasteiger partial charge is 0.299 e. The average Bonchev–Trinajstić information content (AvgIpc) is 2.40. The number of hydrogen-bond acceptors (Lipinski definition) is 3. The molecule has 94 valence electrons. The van der Waals surface area contributed by atoms with Gasteiger partial charge in [-0.2, -0.15) is 0 Å². The molecule has 6 heteroatoms. The van der Waals surface area contributed by atoms with Crippen LogP contribution >= 0.6 is 23.4 Å². The minimum atomic E-state index is -0.512. The number of nitro groups is 1. The molecule has 0 fully saturated rings. The van der Waals surface area contributed by atoms with Crippen LogP contribution in [0.2, 0.25) is 5.02 Å². The number of benzene rings is 2. The van der Waals surface area contributed by atoms with Crippen molar-refractivity contribution in [2.75, 3.05) is 4.84 Å². The van der Waals surface area contributed by atoms with Crippen molar-refractivity contribution in [1.82, 2.24) is 0 Å². The fraction of sp³-hybridized carbons (Fsp3) is 0. The number of nitrogens with zero attached hydrogens (tertiary/aromatic N) is 1. The lowest BCUT2D eigenvalue weighted by Crippen LogP contribution is -1.87. The van der Waals surface area contributed by atoms with E-state index in [1.165, 1.54) is 12.1 Å². The average molecular weight is 285 g/mol. The molecular formula is C12H10Cl2N2O2. The van der Waals surface area contributed by atoms with Gasteiger partial charge in [-0.05, 0) is 18.2 Å². The lowest BCUT2D eigenvalue weighted by molar-refractivity contribution is -0.384. The maximum Gasteiger partial charge on any atom is 0.287 e. The highest BCUT2D eigenvalue weighted by atomic mass is 35.5. The van der Waals surface area contributed by atoms with Crippen molar-refractivity contribution < 1.29 is 4.92 Å². The van der Waals surface area contributed by atoms with Crippen LogP contribution in [0.15, 0.2) is 54.6 Å². The van der Waals surface area contributed by atoms with Gasteiger partial charge in [-0.1, -0.05) is 41.9 Å². The Bertz CT molecular complexity index is 506. The monoisotopic (exact) mass is 284 g/mol. The molecule has 1 N–H and O–H groups in total. The number of para-hydroxylation sites is 2. The lowest BCUT2D eigenvalue weighted by Gasteiger charge is -1.91. The molecule has 0 spiro atoms. The first kappa shape index (κ1) is 14.3. The number of halogens is 2. The van der Waals surface area contributed by atoms with E-state index in [-0.39, 0.29) is 10.7 Å². The normalized spacial score (nSPS) is 9.00. The van der Waals surface area contributed by atoms with Crippen LogP contribution in [0.3, 0.4) is 0 Å². The third-order valence-electron chi connectivity index (χ3n) is 1.93. The van der Waals surface area contributed by atoms with Gasteiger partial charge < -0.3 is 0 Å². The van der Waals surface area contributed by atoms with Crippen LogP contribution in [0, 0.1) is 10.1 Å². The lowest BCUT2D eigenvalue weighted by atomic mass is 10.3. The third-order valence-corrected chi connectivity index (χ3v) is 2.47. The molecule has 18 heavy (non-hydrogen) atoms. The van der Waals surface area contributed by atoms with Crippen LogP contribution in [0.5, 0.6) is 0 Å². The van der Waals surface area contributed by atoms with Crippen LogP contribution in [-0.4, -0.2) is 4.92 Å². The predicted octanol–water partition coefficient (Wildman–Crippen LogP) is 4.50. The Kier molecular flexibility index (Phi) is 5.97. The van der Waals surface area contributed by atoms with Crippen molar-refractivity contribution in [3.05, 3.63) is 69.7 Å². The first-order valence-electron chi connectivity index (χ1n) is 4.95. The number of anilines is 1. The zero-order chi connectivity index (χ0) is 13.4. The van der Waals surface area contributed by atoms with Gasteiger partial charge in [0, 0.05) is 23.5 Å². The SMILES string of the molecule is ClNc1ccccc1.O=[N+]([O-])c1ccccc1Cl. The van der Waals surface area contributed by atoms with Gasteiger partial charge in [0.1, 0.15) is 5.02 Å². The van der Waals surface area contributed by atoms with Gasteiger partial charge in [0.25, 0.3) is 5.69 Å². The van der Waals surface area contributed by atoms with Gasteiger partial charge in [-0.25, -0.2) is 0 Å². The zero-order valence-corrected chi connectivity index (χ0v) is 10.7. The molecule has 0 saturated carbocycles. The quantitative estimate of drug-likeness (QED) is 0.502. The van der Waals surface area contributed by atoms with E-state index in [4.69, 9.17) is 23.4 Å². The van der Waals surface area contributed by atoms with Crippen LogP contribution in [0.4, 0.5) is 11.4 Å². The summed E-state index contributed by atoms with van der Waals surface area (Å²) in [6.07, 6.45) is 0. The van der Waals surface area contributed by atoms with Gasteiger partial charge in [-0.3, -0.25) is 15.0 Å². The van der Waals surface area contributed by atoms with Gasteiger partial charge in [0.05, 0.1) is 4.92 Å². The maximum absolute atomic E-state index is 10.1. The highest BCUT2D eigenvalue weighted by Gasteiger charge is 2.08. The summed E-state index contributed by atoms with van der Waals surface area (Å²) in [5, 5.41) is 10.3. The number of nitro benzene ring substituents is 1. The molecule has 2 aromatic carbocycles. The zero-order valence-electron chi connectivity index (χ0n) is 9.22. The molecule has 2 rings (SSSR count). The van der Waals surface area contributed by atoms with E-state index >= 15 is 0 Å². The second-order valence-electron chi connectivity index (χ2n) is 3.17. The molecule has 0 saturated heterocycles. The molecule has 0 unspecified atom stereocenters. The standard InChI is InChI=1S/C6H4ClNO2.C6H6ClN/c7-5-3-1-2-4-6(5)8(9)10;7-8-6-4-2-1-3-5-6/h1-4H;1-5,8H. The van der Waals surface area contributed by atoms with Crippen LogP contribution in [-0.2, 0) is 0 Å². The smallest absolute Gasteiger partial charge is 0.287 e. The Labute approximate surface area is 114 Å². The molecule has 4 nitrogen and oxygen atoms in total. The summed E-state index contributed by atoms with van der Waals surface area (Å²) in [5.74, 6) is 0. The van der Waals surface area contributed by atoms with Gasteiger partial charge in [-0.15, -0.1) is 0 Å². The molecule has 0 atom stereocenters. The van der Waals surface area contributed by atoms with Crippen LogP contribution in [0.1, 0.15) is 0 Å². The Morgan fingerprint density at radius 2 is 1.56 bits per heavy atom. The fourth-order valence-corrected chi connectivity index (χ4v) is 1.43. The Hall–Kier alpha value is -1.78. The molecule has 0 heterocycles. The van der Waals surface area contributed by atoms with E-state index in [1.54, 1.807) is 12.1 Å². The highest BCUT2D eigenvalue weighted by Crippen LogP contribution is 2.22. The molecule has 0 amide bonds. The van der Waals surface area contributed by atoms with E-state index in [0.717, 1.165) is 5.69 Å². The second kappa shape index (κ2) is 7.53. The molecule has 0 bridgehead atoms. The minimum absolute atomic E-state index is 0.0517. The molecule has 0 aliphatic rings. The molecule has 2 aromatic rings. The molecular weight excluding hydrogens is 275 g/mol. The Morgan fingerprint density at radius 1 is 1.00 bits per heavy atom. The van der Waals surface area contributed by atoms with Crippen LogP contribution < -0.4 is 4.84 Å². The molecule has 0 aliphatic carbocycles. The van der Waals surface area contributed by atoms with Crippen molar-refractivity contribution in [3.63, 3.8) is 0 Å². The summed E-state index contributed by atoms with van der Waals surface area (Å²) in [6, 6.07) is 15.6. The summed E-state index contributed by atoms with van der Waals surface area (Å²) in [7, 11) is 0. The van der Waals surface area contributed by atoms with E-state index in [1.807, 2.05) is 30.3 Å². The molecule has 0 aliphatic heterocycles. The van der Waals surface area contributed by atoms with E-state index in [0.29, 0.717) is 0 Å². The van der Waals surface area contributed by atoms with Crippen molar-refractivity contribution in [2.45, 2.75) is 0 Å². The predicted molar refractivity (Wildman–Crippen MR) is 74.0 cm³/mol. The number of rotatable bonds is 2. The maximum atomic E-state index is 10.1. The van der Waals surface area contributed by atoms with Crippen LogP contribution in [0.25, 0.3) is 0 Å². The first-order valence-corrected chi connectivity index (χ1v) is 5.71. The fourth-order valence-electron chi connectivity index (χ4n) is 1.10. The third kappa shape index (κ3) is 4.61. The van der Waals surface area contributed by atoms with E-state index in [2.05, 4.69) is 4.84 Å². The highest BCUT2D eigenvalue weighted by molar-refractivity contribution is 6.32. The summed E-state index contributed by atoms with van der Waals surface area (Å²) >= 11 is 10.8. The van der Waals surface area contributed by atoms with Crippen molar-refractivity contribution >= 4 is 34.8 Å². The van der Waals surface area contributed by atoms with Crippen molar-refractivity contribution in [3.8, 4) is 0 Å². The number of hydrogen-bond donors (Lipinski definition) is 1. The minimum Gasteiger partial charge on any atom is -0.299 e. The topological polar surface area (TPSA) is 55.2 Å². The van der Waals surface area contributed by atoms with Gasteiger partial charge >= 0.3 is 0 Å². The van der Waals surface area contributed by atoms with E-state index in [9.17, 15) is 10.1 Å². The Morgan fingerprint density at radius 3 is 1.94 bits per heavy atom. The molecule has 0 aromatic heterocycles. The summed E-state index contributed by atoms with van der Waals surface area (Å²) in [6.45, 7) is 0. The summed E-state index contributed by atoms with van der Waals surface area (Å²) in [4.78, 5) is 12.1. The van der Waals surface area contributed by atoms with E-state index < -0.39 is 4.92 Å².